The summed E-state index contributed by atoms with van der Waals surface area (Å²) in [5.74, 6) is 2.14. The van der Waals surface area contributed by atoms with Gasteiger partial charge in [0, 0.05) is 0 Å². The van der Waals surface area contributed by atoms with Crippen LogP contribution in [0.1, 0.15) is 57.4 Å². The van der Waals surface area contributed by atoms with Gasteiger partial charge in [-0.05, 0) is 62.9 Å². The number of hydrogen-bond acceptors (Lipinski definition) is 4. The number of piperidine rings is 1. The summed E-state index contributed by atoms with van der Waals surface area (Å²) < 4.78 is 11.6. The zero-order valence-corrected chi connectivity index (χ0v) is 16.8. The lowest BCUT2D eigenvalue weighted by atomic mass is 9.89. The Kier molecular flexibility index (Phi) is 7.32. The molecule has 0 spiro atoms. The fourth-order valence-electron chi connectivity index (χ4n) is 4.08. The Morgan fingerprint density at radius 3 is 2.50 bits per heavy atom. The van der Waals surface area contributed by atoms with Crippen LogP contribution in [-0.2, 0) is 6.42 Å². The average molecular weight is 381 g/mol. The molecule has 2 N–H and O–H groups in total. The van der Waals surface area contributed by atoms with Crippen LogP contribution in [0.3, 0.4) is 0 Å². The normalized spacial score (nSPS) is 18.2. The summed E-state index contributed by atoms with van der Waals surface area (Å²) in [5.41, 5.74) is 7.71. The quantitative estimate of drug-likeness (QED) is 0.513. The smallest absolute Gasteiger partial charge is 0.186 e. The van der Waals surface area contributed by atoms with E-state index in [1.54, 1.807) is 0 Å². The molecule has 0 saturated carbocycles. The summed E-state index contributed by atoms with van der Waals surface area (Å²) in [6.07, 6.45) is 10.3. The minimum absolute atomic E-state index is 0.503. The molecule has 1 fully saturated rings. The van der Waals surface area contributed by atoms with Crippen LogP contribution in [0.4, 0.5) is 5.69 Å². The molecule has 1 aromatic carbocycles. The number of nitrogens with two attached hydrogens (primary N) is 1. The maximum atomic E-state index is 6.32. The molecule has 0 aromatic heterocycles. The second-order valence-electron chi connectivity index (χ2n) is 7.69. The van der Waals surface area contributed by atoms with E-state index < -0.39 is 0 Å². The second-order valence-corrected chi connectivity index (χ2v) is 8.10. The molecular weight excluding hydrogens is 348 g/mol. The first-order valence-corrected chi connectivity index (χ1v) is 10.7. The second kappa shape index (κ2) is 9.70. The van der Waals surface area contributed by atoms with Crippen LogP contribution < -0.4 is 15.2 Å². The summed E-state index contributed by atoms with van der Waals surface area (Å²) in [5, 5.41) is 0.578. The Labute approximate surface area is 163 Å². The highest BCUT2D eigenvalue weighted by Gasteiger charge is 2.25. The molecule has 0 unspecified atom stereocenters. The molecule has 3 rings (SSSR count). The van der Waals surface area contributed by atoms with Gasteiger partial charge in [0.15, 0.2) is 11.5 Å². The van der Waals surface area contributed by atoms with E-state index in [0.29, 0.717) is 35.6 Å². The number of ether oxygens (including phenoxy) is 2. The summed E-state index contributed by atoms with van der Waals surface area (Å²) >= 11 is 6.32. The van der Waals surface area contributed by atoms with Gasteiger partial charge in [0.2, 0.25) is 0 Å². The third-order valence-corrected chi connectivity index (χ3v) is 5.98. The van der Waals surface area contributed by atoms with Crippen molar-refractivity contribution in [2.24, 2.45) is 5.92 Å². The van der Waals surface area contributed by atoms with E-state index in [4.69, 9.17) is 26.8 Å². The van der Waals surface area contributed by atoms with Gasteiger partial charge in [-0.3, -0.25) is 0 Å². The number of likely N-dealkylation sites (tertiary alicyclic amines) is 1. The number of hydrogen-bond donors (Lipinski definition) is 1. The molecule has 2 aliphatic heterocycles. The molecular formula is C21H33ClN2O2. The number of halogens is 1. The number of rotatable bonds is 8. The molecule has 146 valence electrons. The van der Waals surface area contributed by atoms with Gasteiger partial charge in [-0.15, -0.1) is 0 Å². The minimum Gasteiger partial charge on any atom is -0.486 e. The largest absolute Gasteiger partial charge is 0.486 e. The van der Waals surface area contributed by atoms with E-state index in [9.17, 15) is 0 Å². The van der Waals surface area contributed by atoms with E-state index in [1.165, 1.54) is 64.6 Å². The first kappa shape index (κ1) is 19.6. The fraction of sp³-hybridized carbons (Fsp3) is 0.714. The van der Waals surface area contributed by atoms with Gasteiger partial charge in [-0.2, -0.15) is 0 Å². The summed E-state index contributed by atoms with van der Waals surface area (Å²) in [7, 11) is 0. The Morgan fingerprint density at radius 2 is 1.77 bits per heavy atom. The molecule has 0 aliphatic carbocycles. The van der Waals surface area contributed by atoms with Gasteiger partial charge in [-0.1, -0.05) is 44.2 Å². The first-order chi connectivity index (χ1) is 12.7. The van der Waals surface area contributed by atoms with Crippen molar-refractivity contribution in [3.05, 3.63) is 16.7 Å². The maximum Gasteiger partial charge on any atom is 0.186 e. The van der Waals surface area contributed by atoms with Crippen molar-refractivity contribution in [3.63, 3.8) is 0 Å². The van der Waals surface area contributed by atoms with Gasteiger partial charge in [0.25, 0.3) is 0 Å². The molecule has 2 heterocycles. The number of fused-ring (bicyclic) bond motifs is 1. The van der Waals surface area contributed by atoms with Gasteiger partial charge in [0.05, 0.1) is 10.7 Å². The molecule has 0 amide bonds. The number of benzene rings is 1. The van der Waals surface area contributed by atoms with Crippen LogP contribution >= 0.6 is 11.6 Å². The number of unbranched alkanes of at least 4 members (excludes halogenated alkanes) is 4. The molecule has 4 nitrogen and oxygen atoms in total. The molecule has 5 heteroatoms. The molecule has 26 heavy (non-hydrogen) atoms. The van der Waals surface area contributed by atoms with Crippen molar-refractivity contribution in [3.8, 4) is 11.5 Å². The SMILES string of the molecule is CCCCCCCN1CCC(Cc2cc(Cl)c(N)c3c2OCCO3)CC1. The molecule has 1 saturated heterocycles. The Hall–Kier alpha value is -1.13. The van der Waals surface area contributed by atoms with Crippen molar-refractivity contribution in [2.75, 3.05) is 38.6 Å². The maximum absolute atomic E-state index is 6.32. The number of anilines is 1. The van der Waals surface area contributed by atoms with Crippen LogP contribution in [0.15, 0.2) is 6.07 Å². The minimum atomic E-state index is 0.503. The molecule has 2 aliphatic rings. The third-order valence-electron chi connectivity index (χ3n) is 5.67. The molecule has 0 radical (unpaired) electrons. The van der Waals surface area contributed by atoms with Crippen molar-refractivity contribution in [2.45, 2.75) is 58.3 Å². The highest BCUT2D eigenvalue weighted by molar-refractivity contribution is 6.33. The Bertz CT molecular complexity index is 586. The summed E-state index contributed by atoms with van der Waals surface area (Å²) in [4.78, 5) is 2.63. The Balaban J connectivity index is 1.50. The molecule has 0 atom stereocenters. The number of nitrogens with zero attached hydrogens (tertiary/aromatic N) is 1. The summed E-state index contributed by atoms with van der Waals surface area (Å²) in [6, 6.07) is 1.98. The highest BCUT2D eigenvalue weighted by Crippen LogP contribution is 2.44. The zero-order chi connectivity index (χ0) is 18.4. The van der Waals surface area contributed by atoms with Crippen LogP contribution in [-0.4, -0.2) is 37.7 Å². The average Bonchev–Trinajstić information content (AvgIpc) is 2.67. The van der Waals surface area contributed by atoms with Gasteiger partial charge < -0.3 is 20.1 Å². The zero-order valence-electron chi connectivity index (χ0n) is 16.1. The predicted octanol–water partition coefficient (Wildman–Crippen LogP) is 4.92. The van der Waals surface area contributed by atoms with E-state index >= 15 is 0 Å². The van der Waals surface area contributed by atoms with Crippen molar-refractivity contribution < 1.29 is 9.47 Å². The van der Waals surface area contributed by atoms with E-state index in [-0.39, 0.29) is 0 Å². The monoisotopic (exact) mass is 380 g/mol. The van der Waals surface area contributed by atoms with Gasteiger partial charge in [-0.25, -0.2) is 0 Å². The highest BCUT2D eigenvalue weighted by atomic mass is 35.5. The first-order valence-electron chi connectivity index (χ1n) is 10.3. The lowest BCUT2D eigenvalue weighted by Crippen LogP contribution is -2.35. The predicted molar refractivity (Wildman–Crippen MR) is 108 cm³/mol. The van der Waals surface area contributed by atoms with Crippen molar-refractivity contribution >= 4 is 17.3 Å². The third kappa shape index (κ3) is 4.98. The molecule has 1 aromatic rings. The van der Waals surface area contributed by atoms with Crippen LogP contribution in [0.2, 0.25) is 5.02 Å². The Morgan fingerprint density at radius 1 is 1.08 bits per heavy atom. The molecule has 0 bridgehead atoms. The standard InChI is InChI=1S/C21H33ClN2O2/c1-2-3-4-5-6-9-24-10-7-16(8-11-24)14-17-15-18(22)19(23)21-20(17)25-12-13-26-21/h15-16H,2-14,23H2,1H3. The van der Waals surface area contributed by atoms with E-state index in [2.05, 4.69) is 11.8 Å². The van der Waals surface area contributed by atoms with Gasteiger partial charge >= 0.3 is 0 Å². The van der Waals surface area contributed by atoms with Crippen LogP contribution in [0.25, 0.3) is 0 Å². The topological polar surface area (TPSA) is 47.7 Å². The van der Waals surface area contributed by atoms with Crippen LogP contribution in [0.5, 0.6) is 11.5 Å². The van der Waals surface area contributed by atoms with Crippen LogP contribution in [0, 0.1) is 5.92 Å². The van der Waals surface area contributed by atoms with Gasteiger partial charge in [0.1, 0.15) is 13.2 Å². The van der Waals surface area contributed by atoms with Crippen molar-refractivity contribution in [1.29, 1.82) is 0 Å². The fourth-order valence-corrected chi connectivity index (χ4v) is 4.30. The van der Waals surface area contributed by atoms with E-state index in [0.717, 1.165) is 17.7 Å². The number of nitrogen functional groups attached to an aromatic ring is 1. The lowest BCUT2D eigenvalue weighted by Gasteiger charge is -2.32. The van der Waals surface area contributed by atoms with Crippen molar-refractivity contribution in [1.82, 2.24) is 4.90 Å². The summed E-state index contributed by atoms with van der Waals surface area (Å²) in [6.45, 7) is 7.07. The lowest BCUT2D eigenvalue weighted by molar-refractivity contribution is 0.165. The van der Waals surface area contributed by atoms with E-state index in [1.807, 2.05) is 6.07 Å².